The zero-order valence-electron chi connectivity index (χ0n) is 30.0. The Kier molecular flexibility index (Phi) is 6.80. The van der Waals surface area contributed by atoms with Crippen molar-refractivity contribution in [1.29, 1.82) is 0 Å². The maximum atomic E-state index is 6.50. The van der Waals surface area contributed by atoms with Gasteiger partial charge in [-0.1, -0.05) is 146 Å². The van der Waals surface area contributed by atoms with Gasteiger partial charge in [0.25, 0.3) is 0 Å². The molecule has 12 rings (SSSR count). The van der Waals surface area contributed by atoms with Crippen molar-refractivity contribution < 1.29 is 4.42 Å². The van der Waals surface area contributed by atoms with E-state index in [1.54, 1.807) is 6.33 Å². The van der Waals surface area contributed by atoms with Crippen molar-refractivity contribution >= 4 is 85.9 Å². The maximum absolute atomic E-state index is 6.50. The van der Waals surface area contributed by atoms with Crippen LogP contribution in [0.5, 0.6) is 0 Å². The monoisotopic (exact) mass is 730 g/mol. The van der Waals surface area contributed by atoms with E-state index in [1.165, 1.54) is 69.7 Å². The molecule has 0 unspecified atom stereocenters. The predicted molar refractivity (Wildman–Crippen MR) is 236 cm³/mol. The molecule has 0 saturated carbocycles. The highest BCUT2D eigenvalue weighted by Crippen LogP contribution is 2.46. The van der Waals surface area contributed by atoms with Crippen molar-refractivity contribution in [2.75, 3.05) is 0 Å². The molecule has 0 spiro atoms. The van der Waals surface area contributed by atoms with Gasteiger partial charge in [0.2, 0.25) is 0 Å². The third-order valence-corrected chi connectivity index (χ3v) is 12.7. The average molecular weight is 731 g/mol. The first kappa shape index (κ1) is 31.2. The van der Waals surface area contributed by atoms with Gasteiger partial charge in [0, 0.05) is 59.0 Å². The molecule has 0 N–H and O–H groups in total. The van der Waals surface area contributed by atoms with Gasteiger partial charge in [-0.05, 0) is 73.8 Å². The smallest absolute Gasteiger partial charge is 0.143 e. The normalized spacial score (nSPS) is 11.9. The van der Waals surface area contributed by atoms with Crippen molar-refractivity contribution in [3.05, 3.63) is 182 Å². The van der Waals surface area contributed by atoms with Gasteiger partial charge in [0.1, 0.15) is 17.5 Å². The van der Waals surface area contributed by atoms with Crippen LogP contribution in [-0.2, 0) is 0 Å². The molecule has 9 aromatic carbocycles. The maximum Gasteiger partial charge on any atom is 0.143 e. The molecule has 3 heterocycles. The first-order valence-corrected chi connectivity index (χ1v) is 19.7. The van der Waals surface area contributed by atoms with E-state index in [0.29, 0.717) is 0 Å². The predicted octanol–water partition coefficient (Wildman–Crippen LogP) is 14.9. The third-order valence-electron chi connectivity index (χ3n) is 11.4. The minimum absolute atomic E-state index is 0.917. The standard InChI is InChI=1S/C52H30N2OS/c1-2-15-38-37(14-1)39-25-24-34(28-46(39)49-47(38)29-53-30-54-49)32-11-5-10-31(26-32)33-12-6-13-35(27-33)36-17-7-21-44-45-22-9-20-43(52(45)56-51(36)44)42-19-8-18-41-40-16-3-4-23-48(40)55-50(41)42/h1-30H. The summed E-state index contributed by atoms with van der Waals surface area (Å²) in [5.41, 5.74) is 12.3. The highest BCUT2D eigenvalue weighted by molar-refractivity contribution is 7.26. The summed E-state index contributed by atoms with van der Waals surface area (Å²) in [7, 11) is 0. The number of fused-ring (bicyclic) bond motifs is 12. The largest absolute Gasteiger partial charge is 0.455 e. The minimum Gasteiger partial charge on any atom is -0.455 e. The number of furan rings is 1. The van der Waals surface area contributed by atoms with E-state index in [1.807, 2.05) is 23.6 Å². The first-order valence-electron chi connectivity index (χ1n) is 18.9. The Labute approximate surface area is 325 Å². The molecule has 0 saturated heterocycles. The van der Waals surface area contributed by atoms with Crippen molar-refractivity contribution in [1.82, 2.24) is 9.97 Å². The number of para-hydroxylation sites is 2. The Bertz CT molecular complexity index is 3520. The molecule has 260 valence electrons. The molecule has 0 atom stereocenters. The summed E-state index contributed by atoms with van der Waals surface area (Å²) in [4.78, 5) is 9.13. The number of benzene rings is 9. The minimum atomic E-state index is 0.917. The van der Waals surface area contributed by atoms with Crippen molar-refractivity contribution in [3.8, 4) is 44.5 Å². The van der Waals surface area contributed by atoms with E-state index in [2.05, 4.69) is 169 Å². The number of aromatic nitrogens is 2. The molecule has 4 heteroatoms. The van der Waals surface area contributed by atoms with Crippen LogP contribution < -0.4 is 0 Å². The Morgan fingerprint density at radius 2 is 0.929 bits per heavy atom. The van der Waals surface area contributed by atoms with Gasteiger partial charge in [-0.25, -0.2) is 9.97 Å². The van der Waals surface area contributed by atoms with Crippen LogP contribution in [0, 0.1) is 0 Å². The van der Waals surface area contributed by atoms with Gasteiger partial charge in [0.15, 0.2) is 0 Å². The van der Waals surface area contributed by atoms with Gasteiger partial charge in [-0.2, -0.15) is 0 Å². The number of hydrogen-bond donors (Lipinski definition) is 0. The van der Waals surface area contributed by atoms with E-state index in [4.69, 9.17) is 9.40 Å². The lowest BCUT2D eigenvalue weighted by atomic mass is 9.93. The zero-order chi connectivity index (χ0) is 36.7. The Balaban J connectivity index is 0.963. The van der Waals surface area contributed by atoms with E-state index in [-0.39, 0.29) is 0 Å². The van der Waals surface area contributed by atoms with Crippen LogP contribution in [0.25, 0.3) is 119 Å². The molecule has 12 aromatic rings. The number of hydrogen-bond acceptors (Lipinski definition) is 4. The highest BCUT2D eigenvalue weighted by Gasteiger charge is 2.18. The van der Waals surface area contributed by atoms with Crippen LogP contribution in [0.15, 0.2) is 187 Å². The molecule has 3 nitrogen and oxygen atoms in total. The molecule has 56 heavy (non-hydrogen) atoms. The second kappa shape index (κ2) is 12.2. The van der Waals surface area contributed by atoms with Gasteiger partial charge < -0.3 is 4.42 Å². The molecular formula is C52H30N2OS. The lowest BCUT2D eigenvalue weighted by Crippen LogP contribution is -1.88. The fourth-order valence-electron chi connectivity index (χ4n) is 8.81. The molecule has 0 amide bonds. The van der Waals surface area contributed by atoms with E-state index in [9.17, 15) is 0 Å². The quantitative estimate of drug-likeness (QED) is 0.169. The second-order valence-electron chi connectivity index (χ2n) is 14.5. The topological polar surface area (TPSA) is 38.9 Å². The van der Waals surface area contributed by atoms with E-state index >= 15 is 0 Å². The summed E-state index contributed by atoms with van der Waals surface area (Å²) in [5.74, 6) is 0. The molecule has 3 aromatic heterocycles. The Morgan fingerprint density at radius 3 is 1.71 bits per heavy atom. The summed E-state index contributed by atoms with van der Waals surface area (Å²) >= 11 is 1.87. The molecular weight excluding hydrogens is 701 g/mol. The number of rotatable bonds is 4. The lowest BCUT2D eigenvalue weighted by molar-refractivity contribution is 0.670. The number of thiophene rings is 1. The second-order valence-corrected chi connectivity index (χ2v) is 15.5. The summed E-state index contributed by atoms with van der Waals surface area (Å²) in [6.45, 7) is 0. The van der Waals surface area contributed by atoms with Crippen LogP contribution in [0.4, 0.5) is 0 Å². The van der Waals surface area contributed by atoms with E-state index < -0.39 is 0 Å². The van der Waals surface area contributed by atoms with Crippen molar-refractivity contribution in [2.24, 2.45) is 0 Å². The van der Waals surface area contributed by atoms with Crippen LogP contribution in [0.2, 0.25) is 0 Å². The summed E-state index contributed by atoms with van der Waals surface area (Å²) in [5, 5.41) is 10.7. The Hall–Kier alpha value is -7.14. The van der Waals surface area contributed by atoms with Gasteiger partial charge in [0.05, 0.1) is 5.52 Å². The van der Waals surface area contributed by atoms with Crippen molar-refractivity contribution in [2.45, 2.75) is 0 Å². The van der Waals surface area contributed by atoms with Crippen LogP contribution in [0.1, 0.15) is 0 Å². The van der Waals surface area contributed by atoms with Crippen LogP contribution in [0.3, 0.4) is 0 Å². The fourth-order valence-corrected chi connectivity index (χ4v) is 10.2. The number of nitrogens with zero attached hydrogens (tertiary/aromatic N) is 2. The molecule has 0 bridgehead atoms. The van der Waals surface area contributed by atoms with Gasteiger partial charge >= 0.3 is 0 Å². The lowest BCUT2D eigenvalue weighted by Gasteiger charge is -2.12. The fraction of sp³-hybridized carbons (Fsp3) is 0. The zero-order valence-corrected chi connectivity index (χ0v) is 30.8. The molecule has 0 aliphatic heterocycles. The SMILES string of the molecule is c1cc(-c2cccc(-c3cccc4c3sc3c(-c5cccc6c5oc5ccccc56)cccc34)c2)cc(-c2ccc3c4ccccc4c4cncnc4c3c2)c1. The third kappa shape index (κ3) is 4.70. The molecule has 0 aliphatic carbocycles. The molecule has 0 radical (unpaired) electrons. The van der Waals surface area contributed by atoms with Crippen LogP contribution >= 0.6 is 11.3 Å². The highest BCUT2D eigenvalue weighted by atomic mass is 32.1. The molecule has 0 fully saturated rings. The summed E-state index contributed by atoms with van der Waals surface area (Å²) in [6.07, 6.45) is 3.59. The summed E-state index contributed by atoms with van der Waals surface area (Å²) in [6, 6.07) is 61.4. The summed E-state index contributed by atoms with van der Waals surface area (Å²) < 4.78 is 9.06. The van der Waals surface area contributed by atoms with Gasteiger partial charge in [-0.15, -0.1) is 11.3 Å². The first-order chi connectivity index (χ1) is 27.8. The van der Waals surface area contributed by atoms with E-state index in [0.717, 1.165) is 49.4 Å². The molecule has 0 aliphatic rings. The average Bonchev–Trinajstić information content (AvgIpc) is 3.85. The Morgan fingerprint density at radius 1 is 0.375 bits per heavy atom. The van der Waals surface area contributed by atoms with Crippen LogP contribution in [-0.4, -0.2) is 9.97 Å². The van der Waals surface area contributed by atoms with Crippen molar-refractivity contribution in [3.63, 3.8) is 0 Å². The van der Waals surface area contributed by atoms with Gasteiger partial charge in [-0.3, -0.25) is 0 Å².